The van der Waals surface area contributed by atoms with Crippen molar-refractivity contribution in [3.05, 3.63) is 40.1 Å². The Morgan fingerprint density at radius 1 is 1.37 bits per heavy atom. The van der Waals surface area contributed by atoms with Gasteiger partial charge < -0.3 is 0 Å². The molecule has 100 valence electrons. The van der Waals surface area contributed by atoms with Gasteiger partial charge in [0.15, 0.2) is 5.82 Å². The van der Waals surface area contributed by atoms with Gasteiger partial charge in [0.05, 0.1) is 6.21 Å². The van der Waals surface area contributed by atoms with Gasteiger partial charge in [-0.3, -0.25) is 0 Å². The summed E-state index contributed by atoms with van der Waals surface area (Å²) in [6.45, 7) is 4.17. The van der Waals surface area contributed by atoms with Gasteiger partial charge in [0.2, 0.25) is 5.16 Å². The van der Waals surface area contributed by atoms with Gasteiger partial charge in [0.1, 0.15) is 0 Å². The fourth-order valence-electron chi connectivity index (χ4n) is 1.58. The Morgan fingerprint density at radius 2 is 2.16 bits per heavy atom. The van der Waals surface area contributed by atoms with Crippen LogP contribution in [-0.4, -0.2) is 27.3 Å². The largest absolute Gasteiger partial charge is 0.211 e. The van der Waals surface area contributed by atoms with Crippen LogP contribution in [0, 0.1) is 0 Å². The molecule has 1 aromatic carbocycles. The molecule has 0 aliphatic heterocycles. The maximum Gasteiger partial charge on any atom is 0.211 e. The van der Waals surface area contributed by atoms with Crippen molar-refractivity contribution in [1.29, 1.82) is 0 Å². The molecule has 0 fully saturated rings. The summed E-state index contributed by atoms with van der Waals surface area (Å²) in [5.41, 5.74) is 1.03. The molecular weight excluding hydrogens is 324 g/mol. The number of nitrogens with zero attached hydrogens (tertiary/aromatic N) is 4. The molecule has 19 heavy (non-hydrogen) atoms. The van der Waals surface area contributed by atoms with E-state index >= 15 is 0 Å². The summed E-state index contributed by atoms with van der Waals surface area (Å²) in [5, 5.41) is 13.6. The summed E-state index contributed by atoms with van der Waals surface area (Å²) >= 11 is 4.99. The molecule has 0 spiro atoms. The molecule has 2 rings (SSSR count). The van der Waals surface area contributed by atoms with Crippen molar-refractivity contribution in [2.75, 3.05) is 6.26 Å². The Labute approximate surface area is 125 Å². The van der Waals surface area contributed by atoms with Crippen molar-refractivity contribution in [2.24, 2.45) is 5.10 Å². The van der Waals surface area contributed by atoms with Gasteiger partial charge in [-0.05, 0) is 24.0 Å². The van der Waals surface area contributed by atoms with Crippen LogP contribution in [0.25, 0.3) is 0 Å². The van der Waals surface area contributed by atoms with Crippen molar-refractivity contribution < 1.29 is 0 Å². The van der Waals surface area contributed by atoms with Crippen LogP contribution in [0.4, 0.5) is 0 Å². The first-order valence-electron chi connectivity index (χ1n) is 5.91. The number of thioether (sulfide) groups is 1. The second-order valence-corrected chi connectivity index (χ2v) is 6.00. The minimum atomic E-state index is 0.285. The molecule has 0 unspecified atom stereocenters. The molecule has 0 N–H and O–H groups in total. The fraction of sp³-hybridized carbons (Fsp3) is 0.308. The SMILES string of the molecule is CSc1nnc(C(C)C)n1/N=C\c1cccc(Br)c1. The number of halogens is 1. The summed E-state index contributed by atoms with van der Waals surface area (Å²) in [6, 6.07) is 7.99. The smallest absolute Gasteiger partial charge is 0.191 e. The molecule has 4 nitrogen and oxygen atoms in total. The highest BCUT2D eigenvalue weighted by Crippen LogP contribution is 2.19. The van der Waals surface area contributed by atoms with E-state index in [0.717, 1.165) is 21.0 Å². The molecule has 6 heteroatoms. The van der Waals surface area contributed by atoms with Crippen LogP contribution in [0.15, 0.2) is 39.0 Å². The van der Waals surface area contributed by atoms with Gasteiger partial charge in [0, 0.05) is 10.4 Å². The lowest BCUT2D eigenvalue weighted by Crippen LogP contribution is -2.01. The lowest BCUT2D eigenvalue weighted by atomic mass is 10.2. The minimum Gasteiger partial charge on any atom is -0.191 e. The van der Waals surface area contributed by atoms with Gasteiger partial charge in [-0.25, -0.2) is 0 Å². The summed E-state index contributed by atoms with van der Waals surface area (Å²) in [5.74, 6) is 1.16. The average Bonchev–Trinajstić information content (AvgIpc) is 2.79. The van der Waals surface area contributed by atoms with E-state index in [2.05, 4.69) is 45.1 Å². The maximum atomic E-state index is 4.49. The van der Waals surface area contributed by atoms with E-state index in [1.54, 1.807) is 4.68 Å². The van der Waals surface area contributed by atoms with Crippen molar-refractivity contribution in [2.45, 2.75) is 24.9 Å². The molecule has 1 aromatic heterocycles. The zero-order chi connectivity index (χ0) is 13.8. The normalized spacial score (nSPS) is 11.6. The van der Waals surface area contributed by atoms with E-state index in [9.17, 15) is 0 Å². The third-order valence-corrected chi connectivity index (χ3v) is 3.62. The highest BCUT2D eigenvalue weighted by Gasteiger charge is 2.13. The minimum absolute atomic E-state index is 0.285. The molecule has 2 aromatic rings. The first kappa shape index (κ1) is 14.3. The molecule has 1 heterocycles. The zero-order valence-corrected chi connectivity index (χ0v) is 13.4. The summed E-state index contributed by atoms with van der Waals surface area (Å²) in [4.78, 5) is 0. The number of aromatic nitrogens is 3. The van der Waals surface area contributed by atoms with Crippen LogP contribution >= 0.6 is 27.7 Å². The van der Waals surface area contributed by atoms with Crippen LogP contribution in [0.3, 0.4) is 0 Å². The fourth-order valence-corrected chi connectivity index (χ4v) is 2.44. The van der Waals surface area contributed by atoms with E-state index in [1.165, 1.54) is 11.8 Å². The Balaban J connectivity index is 2.34. The van der Waals surface area contributed by atoms with Gasteiger partial charge in [-0.15, -0.1) is 10.2 Å². The van der Waals surface area contributed by atoms with Crippen LogP contribution in [0.5, 0.6) is 0 Å². The zero-order valence-electron chi connectivity index (χ0n) is 11.0. The third-order valence-electron chi connectivity index (χ3n) is 2.51. The maximum absolute atomic E-state index is 4.49. The first-order valence-corrected chi connectivity index (χ1v) is 7.93. The predicted octanol–water partition coefficient (Wildman–Crippen LogP) is 3.77. The van der Waals surface area contributed by atoms with Gasteiger partial charge in [0.25, 0.3) is 0 Å². The van der Waals surface area contributed by atoms with Crippen LogP contribution in [-0.2, 0) is 0 Å². The highest BCUT2D eigenvalue weighted by molar-refractivity contribution is 9.10. The molecule has 0 atom stereocenters. The van der Waals surface area contributed by atoms with Gasteiger partial charge in [-0.2, -0.15) is 9.78 Å². The molecule has 0 saturated carbocycles. The third kappa shape index (κ3) is 3.45. The monoisotopic (exact) mass is 338 g/mol. The number of hydrogen-bond acceptors (Lipinski definition) is 4. The number of rotatable bonds is 4. The Kier molecular flexibility index (Phi) is 4.76. The standard InChI is InChI=1S/C13H15BrN4S/c1-9(2)12-16-17-13(19-3)18(12)15-8-10-5-4-6-11(14)7-10/h4-9H,1-3H3/b15-8-. The van der Waals surface area contributed by atoms with Crippen molar-refractivity contribution in [3.8, 4) is 0 Å². The Bertz CT molecular complexity index is 592. The van der Waals surface area contributed by atoms with Gasteiger partial charge >= 0.3 is 0 Å². The van der Waals surface area contributed by atoms with E-state index in [4.69, 9.17) is 0 Å². The molecule has 0 saturated heterocycles. The summed E-state index contributed by atoms with van der Waals surface area (Å²) in [6.07, 6.45) is 3.79. The summed E-state index contributed by atoms with van der Waals surface area (Å²) in [7, 11) is 0. The first-order chi connectivity index (χ1) is 9.11. The molecule has 0 aliphatic rings. The Hall–Kier alpha value is -1.14. The molecular formula is C13H15BrN4S. The lowest BCUT2D eigenvalue weighted by Gasteiger charge is -2.05. The Morgan fingerprint density at radius 3 is 2.79 bits per heavy atom. The second kappa shape index (κ2) is 6.34. The topological polar surface area (TPSA) is 43.1 Å². The number of hydrogen-bond donors (Lipinski definition) is 0. The van der Waals surface area contributed by atoms with Crippen molar-refractivity contribution in [1.82, 2.24) is 14.9 Å². The van der Waals surface area contributed by atoms with Crippen molar-refractivity contribution in [3.63, 3.8) is 0 Å². The van der Waals surface area contributed by atoms with Crippen molar-refractivity contribution >= 4 is 33.9 Å². The van der Waals surface area contributed by atoms with E-state index in [0.29, 0.717) is 0 Å². The summed E-state index contributed by atoms with van der Waals surface area (Å²) < 4.78 is 2.84. The van der Waals surface area contributed by atoms with E-state index in [1.807, 2.05) is 36.7 Å². The highest BCUT2D eigenvalue weighted by atomic mass is 79.9. The second-order valence-electron chi connectivity index (χ2n) is 4.31. The lowest BCUT2D eigenvalue weighted by molar-refractivity contribution is 0.668. The molecule has 0 amide bonds. The quantitative estimate of drug-likeness (QED) is 0.629. The molecule has 0 aliphatic carbocycles. The molecule has 0 bridgehead atoms. The predicted molar refractivity (Wildman–Crippen MR) is 83.0 cm³/mol. The average molecular weight is 339 g/mol. The van der Waals surface area contributed by atoms with E-state index < -0.39 is 0 Å². The number of benzene rings is 1. The van der Waals surface area contributed by atoms with Gasteiger partial charge in [-0.1, -0.05) is 53.7 Å². The van der Waals surface area contributed by atoms with Crippen LogP contribution in [0.2, 0.25) is 0 Å². The van der Waals surface area contributed by atoms with Crippen LogP contribution < -0.4 is 0 Å². The molecule has 0 radical (unpaired) electrons. The van der Waals surface area contributed by atoms with Crippen LogP contribution in [0.1, 0.15) is 31.2 Å². The van der Waals surface area contributed by atoms with E-state index in [-0.39, 0.29) is 5.92 Å².